The molecule has 1 aliphatic carbocycles. The zero-order valence-electron chi connectivity index (χ0n) is 10.0. The van der Waals surface area contributed by atoms with Crippen LogP contribution in [0.5, 0.6) is 0 Å². The number of hydrogen-bond acceptors (Lipinski definition) is 3. The molecule has 0 aromatic rings. The van der Waals surface area contributed by atoms with Gasteiger partial charge in [0.05, 0.1) is 12.7 Å². The Kier molecular flexibility index (Phi) is 6.22. The highest BCUT2D eigenvalue weighted by atomic mass is 16.5. The normalized spacial score (nSPS) is 29.0. The molecule has 0 amide bonds. The van der Waals surface area contributed by atoms with E-state index in [4.69, 9.17) is 4.74 Å². The minimum Gasteiger partial charge on any atom is -0.392 e. The molecule has 0 saturated heterocycles. The van der Waals surface area contributed by atoms with Gasteiger partial charge in [0.2, 0.25) is 0 Å². The average Bonchev–Trinajstić information content (AvgIpc) is 2.22. The summed E-state index contributed by atoms with van der Waals surface area (Å²) in [4.78, 5) is 0. The van der Waals surface area contributed by atoms with E-state index >= 15 is 0 Å². The van der Waals surface area contributed by atoms with Gasteiger partial charge in [0.25, 0.3) is 0 Å². The van der Waals surface area contributed by atoms with E-state index in [0.717, 1.165) is 32.3 Å². The third-order valence-electron chi connectivity index (χ3n) is 3.18. The Labute approximate surface area is 93.2 Å². The molecule has 90 valence electrons. The van der Waals surface area contributed by atoms with Crippen LogP contribution in [0.15, 0.2) is 0 Å². The summed E-state index contributed by atoms with van der Waals surface area (Å²) in [5.41, 5.74) is 0. The highest BCUT2D eigenvalue weighted by Gasteiger charge is 2.24. The number of methoxy groups -OCH3 is 1. The van der Waals surface area contributed by atoms with Gasteiger partial charge < -0.3 is 15.2 Å². The van der Waals surface area contributed by atoms with Crippen LogP contribution in [-0.2, 0) is 4.74 Å². The second kappa shape index (κ2) is 7.20. The quantitative estimate of drug-likeness (QED) is 0.708. The number of aliphatic hydroxyl groups excluding tert-OH is 1. The van der Waals surface area contributed by atoms with Crippen molar-refractivity contribution in [2.45, 2.75) is 63.6 Å². The first kappa shape index (κ1) is 12.9. The molecule has 1 fully saturated rings. The van der Waals surface area contributed by atoms with Crippen molar-refractivity contribution >= 4 is 0 Å². The molecule has 1 aliphatic rings. The molecule has 3 atom stereocenters. The van der Waals surface area contributed by atoms with Crippen molar-refractivity contribution in [1.29, 1.82) is 0 Å². The predicted octanol–water partition coefficient (Wildman–Crippen LogP) is 1.69. The van der Waals surface area contributed by atoms with Crippen molar-refractivity contribution < 1.29 is 9.84 Å². The molecule has 0 radical (unpaired) electrons. The molecule has 0 bridgehead atoms. The van der Waals surface area contributed by atoms with Crippen molar-refractivity contribution in [3.63, 3.8) is 0 Å². The Balaban J connectivity index is 2.33. The lowest BCUT2D eigenvalue weighted by Gasteiger charge is -2.32. The van der Waals surface area contributed by atoms with Crippen LogP contribution in [0, 0.1) is 0 Å². The molecule has 0 aliphatic heterocycles. The first-order chi connectivity index (χ1) is 7.27. The molecule has 3 heteroatoms. The number of rotatable bonds is 6. The maximum atomic E-state index is 9.85. The Morgan fingerprint density at radius 3 is 2.73 bits per heavy atom. The molecule has 15 heavy (non-hydrogen) atoms. The fourth-order valence-electron chi connectivity index (χ4n) is 2.37. The summed E-state index contributed by atoms with van der Waals surface area (Å²) in [6, 6.07) is 0.684. The van der Waals surface area contributed by atoms with Gasteiger partial charge in [0.1, 0.15) is 0 Å². The first-order valence-electron chi connectivity index (χ1n) is 6.21. The maximum Gasteiger partial charge on any atom is 0.0693 e. The van der Waals surface area contributed by atoms with Gasteiger partial charge in [-0.1, -0.05) is 26.2 Å². The van der Waals surface area contributed by atoms with E-state index in [1.54, 1.807) is 7.11 Å². The van der Waals surface area contributed by atoms with E-state index in [2.05, 4.69) is 12.2 Å². The summed E-state index contributed by atoms with van der Waals surface area (Å²) in [5.74, 6) is 0. The smallest absolute Gasteiger partial charge is 0.0693 e. The van der Waals surface area contributed by atoms with Crippen LogP contribution in [0.1, 0.15) is 45.4 Å². The molecule has 0 aromatic carbocycles. The average molecular weight is 215 g/mol. The van der Waals surface area contributed by atoms with Gasteiger partial charge in [-0.3, -0.25) is 0 Å². The van der Waals surface area contributed by atoms with Gasteiger partial charge in [0.15, 0.2) is 0 Å². The standard InChI is InChI=1S/C12H25NO2/c1-3-6-10(9-15-2)13-11-7-4-5-8-12(11)14/h10-14H,3-9H2,1-2H3. The molecule has 0 heterocycles. The van der Waals surface area contributed by atoms with Crippen LogP contribution >= 0.6 is 0 Å². The summed E-state index contributed by atoms with van der Waals surface area (Å²) in [6.07, 6.45) is 6.58. The predicted molar refractivity (Wildman–Crippen MR) is 62.0 cm³/mol. The largest absolute Gasteiger partial charge is 0.392 e. The van der Waals surface area contributed by atoms with E-state index in [0.29, 0.717) is 6.04 Å². The number of ether oxygens (including phenoxy) is 1. The SMILES string of the molecule is CCCC(COC)NC1CCCCC1O. The second-order valence-electron chi connectivity index (χ2n) is 4.57. The Morgan fingerprint density at radius 2 is 2.13 bits per heavy atom. The summed E-state index contributed by atoms with van der Waals surface area (Å²) in [7, 11) is 1.74. The second-order valence-corrected chi connectivity index (χ2v) is 4.57. The highest BCUT2D eigenvalue weighted by Crippen LogP contribution is 2.19. The number of aliphatic hydroxyl groups is 1. The van der Waals surface area contributed by atoms with E-state index < -0.39 is 0 Å². The summed E-state index contributed by atoms with van der Waals surface area (Å²) < 4.78 is 5.19. The van der Waals surface area contributed by atoms with Crippen molar-refractivity contribution in [3.8, 4) is 0 Å². The number of nitrogens with one attached hydrogen (secondary N) is 1. The molecule has 3 unspecified atom stereocenters. The van der Waals surface area contributed by atoms with Crippen LogP contribution in [0.4, 0.5) is 0 Å². The summed E-state index contributed by atoms with van der Waals surface area (Å²) in [5, 5.41) is 13.4. The van der Waals surface area contributed by atoms with Crippen molar-refractivity contribution in [2.24, 2.45) is 0 Å². The van der Waals surface area contributed by atoms with Gasteiger partial charge in [-0.05, 0) is 19.3 Å². The van der Waals surface area contributed by atoms with Crippen molar-refractivity contribution in [1.82, 2.24) is 5.32 Å². The van der Waals surface area contributed by atoms with Gasteiger partial charge in [0, 0.05) is 19.2 Å². The van der Waals surface area contributed by atoms with Crippen molar-refractivity contribution in [2.75, 3.05) is 13.7 Å². The minimum absolute atomic E-state index is 0.157. The van der Waals surface area contributed by atoms with Crippen LogP contribution in [0.25, 0.3) is 0 Å². The lowest BCUT2D eigenvalue weighted by Crippen LogP contribution is -2.48. The third kappa shape index (κ3) is 4.49. The maximum absolute atomic E-state index is 9.85. The molecular formula is C12H25NO2. The molecule has 3 nitrogen and oxygen atoms in total. The zero-order valence-corrected chi connectivity index (χ0v) is 10.0. The third-order valence-corrected chi connectivity index (χ3v) is 3.18. The Hall–Kier alpha value is -0.120. The fraction of sp³-hybridized carbons (Fsp3) is 1.00. The topological polar surface area (TPSA) is 41.5 Å². The Morgan fingerprint density at radius 1 is 1.40 bits per heavy atom. The molecule has 0 aromatic heterocycles. The van der Waals surface area contributed by atoms with Crippen LogP contribution in [0.3, 0.4) is 0 Å². The number of hydrogen-bond donors (Lipinski definition) is 2. The van der Waals surface area contributed by atoms with E-state index in [1.165, 1.54) is 12.8 Å². The summed E-state index contributed by atoms with van der Waals surface area (Å²) in [6.45, 7) is 2.93. The fourth-order valence-corrected chi connectivity index (χ4v) is 2.37. The molecular weight excluding hydrogens is 190 g/mol. The van der Waals surface area contributed by atoms with Crippen LogP contribution in [-0.4, -0.2) is 37.0 Å². The van der Waals surface area contributed by atoms with E-state index in [1.807, 2.05) is 0 Å². The van der Waals surface area contributed by atoms with Gasteiger partial charge in [-0.2, -0.15) is 0 Å². The van der Waals surface area contributed by atoms with Crippen LogP contribution < -0.4 is 5.32 Å². The summed E-state index contributed by atoms with van der Waals surface area (Å²) >= 11 is 0. The van der Waals surface area contributed by atoms with Gasteiger partial charge >= 0.3 is 0 Å². The van der Waals surface area contributed by atoms with Gasteiger partial charge in [-0.25, -0.2) is 0 Å². The van der Waals surface area contributed by atoms with E-state index in [-0.39, 0.29) is 12.1 Å². The lowest BCUT2D eigenvalue weighted by atomic mass is 9.92. The molecule has 1 rings (SSSR count). The minimum atomic E-state index is -0.157. The lowest BCUT2D eigenvalue weighted by molar-refractivity contribution is 0.0716. The molecule has 2 N–H and O–H groups in total. The molecule has 1 saturated carbocycles. The zero-order chi connectivity index (χ0) is 11.1. The van der Waals surface area contributed by atoms with Crippen molar-refractivity contribution in [3.05, 3.63) is 0 Å². The van der Waals surface area contributed by atoms with Gasteiger partial charge in [-0.15, -0.1) is 0 Å². The highest BCUT2D eigenvalue weighted by molar-refractivity contribution is 4.83. The Bertz CT molecular complexity index is 158. The van der Waals surface area contributed by atoms with E-state index in [9.17, 15) is 5.11 Å². The monoisotopic (exact) mass is 215 g/mol. The first-order valence-corrected chi connectivity index (χ1v) is 6.21. The molecule has 0 spiro atoms. The van der Waals surface area contributed by atoms with Crippen LogP contribution in [0.2, 0.25) is 0 Å².